The first-order valence-corrected chi connectivity index (χ1v) is 9.70. The first-order chi connectivity index (χ1) is 13.5. The van der Waals surface area contributed by atoms with Crippen LogP contribution in [0.15, 0.2) is 36.4 Å². The number of anilines is 1. The zero-order valence-electron chi connectivity index (χ0n) is 15.9. The van der Waals surface area contributed by atoms with Crippen LogP contribution in [0, 0.1) is 0 Å². The van der Waals surface area contributed by atoms with E-state index in [-0.39, 0.29) is 6.03 Å². The number of carbonyl (C=O) groups excluding carboxylic acids is 1. The summed E-state index contributed by atoms with van der Waals surface area (Å²) in [5, 5.41) is 4.21. The van der Waals surface area contributed by atoms with Crippen molar-refractivity contribution in [2.24, 2.45) is 0 Å². The van der Waals surface area contributed by atoms with Crippen LogP contribution in [0.3, 0.4) is 0 Å². The number of nitrogens with zero attached hydrogens (tertiary/aromatic N) is 2. The van der Waals surface area contributed by atoms with Gasteiger partial charge in [-0.1, -0.05) is 29.3 Å². The lowest BCUT2D eigenvalue weighted by molar-refractivity contribution is 0.143. The number of urea groups is 1. The maximum absolute atomic E-state index is 12.6. The Bertz CT molecular complexity index is 839. The normalized spacial score (nSPS) is 14.6. The van der Waals surface area contributed by atoms with Crippen LogP contribution in [0.4, 0.5) is 10.5 Å². The molecule has 2 aromatic rings. The summed E-state index contributed by atoms with van der Waals surface area (Å²) in [5.74, 6) is 1.23. The highest BCUT2D eigenvalue weighted by atomic mass is 35.5. The first kappa shape index (κ1) is 20.6. The predicted octanol–water partition coefficient (Wildman–Crippen LogP) is 4.36. The van der Waals surface area contributed by atoms with Gasteiger partial charge in [0, 0.05) is 48.8 Å². The van der Waals surface area contributed by atoms with Crippen LogP contribution in [-0.4, -0.2) is 56.2 Å². The summed E-state index contributed by atoms with van der Waals surface area (Å²) >= 11 is 12.2. The van der Waals surface area contributed by atoms with Gasteiger partial charge in [-0.05, 0) is 29.8 Å². The van der Waals surface area contributed by atoms with Crippen molar-refractivity contribution in [1.29, 1.82) is 0 Å². The number of amides is 2. The van der Waals surface area contributed by atoms with Gasteiger partial charge < -0.3 is 19.7 Å². The van der Waals surface area contributed by atoms with Crippen molar-refractivity contribution < 1.29 is 14.3 Å². The second-order valence-corrected chi connectivity index (χ2v) is 7.34. The Hall–Kier alpha value is -2.15. The Morgan fingerprint density at radius 1 is 1.04 bits per heavy atom. The van der Waals surface area contributed by atoms with Gasteiger partial charge in [0.15, 0.2) is 0 Å². The van der Waals surface area contributed by atoms with Crippen LogP contribution in [0.1, 0.15) is 5.56 Å². The van der Waals surface area contributed by atoms with Crippen molar-refractivity contribution in [3.05, 3.63) is 52.0 Å². The molecule has 0 atom stereocenters. The van der Waals surface area contributed by atoms with E-state index in [0.717, 1.165) is 25.2 Å². The van der Waals surface area contributed by atoms with Gasteiger partial charge in [0.05, 0.1) is 19.9 Å². The van der Waals surface area contributed by atoms with Gasteiger partial charge in [0.25, 0.3) is 0 Å². The van der Waals surface area contributed by atoms with Crippen LogP contribution in [0.2, 0.25) is 10.0 Å². The van der Waals surface area contributed by atoms with Crippen molar-refractivity contribution >= 4 is 34.9 Å². The SMILES string of the molecule is COc1ccc(NC(=O)N2CCN(Cc3ccc(Cl)cc3Cl)CC2)c(OC)c1. The van der Waals surface area contributed by atoms with E-state index in [1.807, 2.05) is 12.1 Å². The van der Waals surface area contributed by atoms with Gasteiger partial charge in [-0.25, -0.2) is 4.79 Å². The average molecular weight is 424 g/mol. The summed E-state index contributed by atoms with van der Waals surface area (Å²) in [4.78, 5) is 16.7. The molecule has 1 N–H and O–H groups in total. The molecule has 0 bridgehead atoms. The van der Waals surface area contributed by atoms with E-state index in [0.29, 0.717) is 40.3 Å². The fourth-order valence-corrected chi connectivity index (χ4v) is 3.56. The fraction of sp³-hybridized carbons (Fsp3) is 0.350. The highest BCUT2D eigenvalue weighted by Crippen LogP contribution is 2.29. The van der Waals surface area contributed by atoms with Crippen molar-refractivity contribution in [2.75, 3.05) is 45.7 Å². The van der Waals surface area contributed by atoms with Crippen molar-refractivity contribution in [3.63, 3.8) is 0 Å². The van der Waals surface area contributed by atoms with E-state index in [4.69, 9.17) is 32.7 Å². The lowest BCUT2D eigenvalue weighted by atomic mass is 10.2. The van der Waals surface area contributed by atoms with Gasteiger partial charge in [0.1, 0.15) is 11.5 Å². The lowest BCUT2D eigenvalue weighted by Crippen LogP contribution is -2.49. The standard InChI is InChI=1S/C20H23Cl2N3O3/c1-27-16-5-6-18(19(12-16)28-2)23-20(26)25-9-7-24(8-10-25)13-14-3-4-15(21)11-17(14)22/h3-6,11-12H,7-10,13H2,1-2H3,(H,23,26). The smallest absolute Gasteiger partial charge is 0.322 e. The molecule has 0 spiro atoms. The van der Waals surface area contributed by atoms with Crippen molar-refractivity contribution in [2.45, 2.75) is 6.54 Å². The second-order valence-electron chi connectivity index (χ2n) is 6.50. The Morgan fingerprint density at radius 3 is 2.43 bits per heavy atom. The molecule has 8 heteroatoms. The highest BCUT2D eigenvalue weighted by Gasteiger charge is 2.22. The minimum atomic E-state index is -0.146. The molecular formula is C20H23Cl2N3O3. The molecule has 1 heterocycles. The van der Waals surface area contributed by atoms with E-state index in [2.05, 4.69) is 10.2 Å². The molecule has 150 valence electrons. The van der Waals surface area contributed by atoms with Gasteiger partial charge in [-0.15, -0.1) is 0 Å². The number of piperazine rings is 1. The molecule has 0 aromatic heterocycles. The number of methoxy groups -OCH3 is 2. The third-order valence-electron chi connectivity index (χ3n) is 4.72. The molecular weight excluding hydrogens is 401 g/mol. The Kier molecular flexibility index (Phi) is 6.88. The lowest BCUT2D eigenvalue weighted by Gasteiger charge is -2.35. The zero-order valence-corrected chi connectivity index (χ0v) is 17.4. The largest absolute Gasteiger partial charge is 0.497 e. The minimum Gasteiger partial charge on any atom is -0.497 e. The Morgan fingerprint density at radius 2 is 1.79 bits per heavy atom. The molecule has 0 unspecified atom stereocenters. The molecule has 6 nitrogen and oxygen atoms in total. The molecule has 2 aromatic carbocycles. The van der Waals surface area contributed by atoms with Crippen LogP contribution >= 0.6 is 23.2 Å². The van der Waals surface area contributed by atoms with Crippen LogP contribution in [0.5, 0.6) is 11.5 Å². The zero-order chi connectivity index (χ0) is 20.1. The van der Waals surface area contributed by atoms with Gasteiger partial charge in [-0.3, -0.25) is 4.90 Å². The number of rotatable bonds is 5. The topological polar surface area (TPSA) is 54.0 Å². The molecule has 1 saturated heterocycles. The fourth-order valence-electron chi connectivity index (χ4n) is 3.10. The molecule has 0 saturated carbocycles. The molecule has 1 aliphatic heterocycles. The first-order valence-electron chi connectivity index (χ1n) is 8.94. The molecule has 2 amide bonds. The van der Waals surface area contributed by atoms with Gasteiger partial charge >= 0.3 is 6.03 Å². The number of carbonyl (C=O) groups is 1. The van der Waals surface area contributed by atoms with Crippen LogP contribution in [-0.2, 0) is 6.54 Å². The number of ether oxygens (including phenoxy) is 2. The molecule has 1 aliphatic rings. The van der Waals surface area contributed by atoms with E-state index >= 15 is 0 Å². The molecule has 0 radical (unpaired) electrons. The van der Waals surface area contributed by atoms with Crippen LogP contribution < -0.4 is 14.8 Å². The van der Waals surface area contributed by atoms with E-state index < -0.39 is 0 Å². The maximum atomic E-state index is 12.6. The molecule has 1 fully saturated rings. The number of hydrogen-bond donors (Lipinski definition) is 1. The summed E-state index contributed by atoms with van der Waals surface area (Å²) in [6, 6.07) is 10.7. The summed E-state index contributed by atoms with van der Waals surface area (Å²) < 4.78 is 10.5. The van der Waals surface area contributed by atoms with Crippen molar-refractivity contribution in [3.8, 4) is 11.5 Å². The Labute approximate surface area is 174 Å². The molecule has 28 heavy (non-hydrogen) atoms. The number of nitrogens with one attached hydrogen (secondary N) is 1. The molecule has 3 rings (SSSR count). The van der Waals surface area contributed by atoms with E-state index in [1.54, 1.807) is 43.4 Å². The second kappa shape index (κ2) is 9.37. The van der Waals surface area contributed by atoms with E-state index in [1.165, 1.54) is 0 Å². The quantitative estimate of drug-likeness (QED) is 0.775. The predicted molar refractivity (Wildman–Crippen MR) is 112 cm³/mol. The average Bonchev–Trinajstić information content (AvgIpc) is 2.71. The summed E-state index contributed by atoms with van der Waals surface area (Å²) in [6.45, 7) is 3.54. The monoisotopic (exact) mass is 423 g/mol. The van der Waals surface area contributed by atoms with Crippen molar-refractivity contribution in [1.82, 2.24) is 9.80 Å². The summed E-state index contributed by atoms with van der Waals surface area (Å²) in [6.07, 6.45) is 0. The molecule has 0 aliphatic carbocycles. The van der Waals surface area contributed by atoms with Gasteiger partial charge in [0.2, 0.25) is 0 Å². The summed E-state index contributed by atoms with van der Waals surface area (Å²) in [7, 11) is 3.15. The number of benzene rings is 2. The van der Waals surface area contributed by atoms with Crippen LogP contribution in [0.25, 0.3) is 0 Å². The number of halogens is 2. The number of hydrogen-bond acceptors (Lipinski definition) is 4. The highest BCUT2D eigenvalue weighted by molar-refractivity contribution is 6.35. The van der Waals surface area contributed by atoms with E-state index in [9.17, 15) is 4.79 Å². The third kappa shape index (κ3) is 5.01. The summed E-state index contributed by atoms with van der Waals surface area (Å²) in [5.41, 5.74) is 1.65. The minimum absolute atomic E-state index is 0.146. The maximum Gasteiger partial charge on any atom is 0.322 e. The third-order valence-corrected chi connectivity index (χ3v) is 5.31. The van der Waals surface area contributed by atoms with Gasteiger partial charge in [-0.2, -0.15) is 0 Å². The Balaban J connectivity index is 1.55.